The van der Waals surface area contributed by atoms with Gasteiger partial charge in [-0.25, -0.2) is 4.57 Å². The van der Waals surface area contributed by atoms with Crippen molar-refractivity contribution in [3.8, 4) is 0 Å². The van der Waals surface area contributed by atoms with Crippen molar-refractivity contribution >= 4 is 19.8 Å². The number of aliphatic hydroxyl groups excluding tert-OH is 2. The van der Waals surface area contributed by atoms with E-state index in [1.807, 2.05) is 0 Å². The van der Waals surface area contributed by atoms with Gasteiger partial charge in [0.1, 0.15) is 12.7 Å². The maximum atomic E-state index is 12.6. The molecule has 0 aromatic heterocycles. The van der Waals surface area contributed by atoms with Crippen LogP contribution in [0.5, 0.6) is 0 Å². The van der Waals surface area contributed by atoms with Gasteiger partial charge in [0, 0.05) is 12.8 Å². The van der Waals surface area contributed by atoms with Gasteiger partial charge in [0.15, 0.2) is 6.10 Å². The largest absolute Gasteiger partial charge is 0.472 e. The second-order valence-electron chi connectivity index (χ2n) is 14.0. The van der Waals surface area contributed by atoms with Crippen LogP contribution in [0.2, 0.25) is 0 Å². The molecule has 0 bridgehead atoms. The number of rotatable bonds is 39. The van der Waals surface area contributed by atoms with E-state index in [2.05, 4.69) is 54.8 Å². The molecule has 0 spiro atoms. The predicted octanol–water partition coefficient (Wildman–Crippen LogP) is 10.8. The lowest BCUT2D eigenvalue weighted by atomic mass is 10.0. The van der Waals surface area contributed by atoms with Crippen LogP contribution in [0, 0.1) is 0 Å². The first-order valence-corrected chi connectivity index (χ1v) is 22.4. The average molecular weight is 773 g/mol. The predicted molar refractivity (Wildman–Crippen MR) is 214 cm³/mol. The molecule has 0 aromatic rings. The van der Waals surface area contributed by atoms with E-state index < -0.39 is 51.8 Å². The van der Waals surface area contributed by atoms with E-state index >= 15 is 0 Å². The lowest BCUT2D eigenvalue weighted by Gasteiger charge is -2.20. The number of hydrogen-bond acceptors (Lipinski definition) is 9. The molecule has 310 valence electrons. The summed E-state index contributed by atoms with van der Waals surface area (Å²) in [6, 6.07) is 0. The minimum atomic E-state index is -4.62. The fourth-order valence-corrected chi connectivity index (χ4v) is 6.32. The summed E-state index contributed by atoms with van der Waals surface area (Å²) in [6.45, 7) is 2.32. The van der Waals surface area contributed by atoms with E-state index in [0.29, 0.717) is 12.8 Å². The molecular formula is C42H77O10P. The number of aliphatic hydroxyl groups is 2. The molecule has 1 unspecified atom stereocenters. The average Bonchev–Trinajstić information content (AvgIpc) is 3.14. The zero-order valence-corrected chi connectivity index (χ0v) is 34.4. The molecular weight excluding hydrogens is 695 g/mol. The van der Waals surface area contributed by atoms with Crippen LogP contribution in [0.15, 0.2) is 36.5 Å². The Morgan fingerprint density at radius 2 is 0.981 bits per heavy atom. The van der Waals surface area contributed by atoms with Crippen LogP contribution in [0.4, 0.5) is 0 Å². The van der Waals surface area contributed by atoms with E-state index in [-0.39, 0.29) is 19.4 Å². The Morgan fingerprint density at radius 1 is 0.566 bits per heavy atom. The molecule has 0 aromatic carbocycles. The summed E-state index contributed by atoms with van der Waals surface area (Å²) >= 11 is 0. The van der Waals surface area contributed by atoms with Gasteiger partial charge in [-0.3, -0.25) is 18.6 Å². The van der Waals surface area contributed by atoms with Gasteiger partial charge >= 0.3 is 19.8 Å². The summed E-state index contributed by atoms with van der Waals surface area (Å²) < 4.78 is 32.6. The first kappa shape index (κ1) is 51.2. The molecule has 0 aliphatic carbocycles. The molecule has 3 atom stereocenters. The normalized spacial score (nSPS) is 14.3. The molecule has 0 aliphatic heterocycles. The Morgan fingerprint density at radius 3 is 1.51 bits per heavy atom. The zero-order chi connectivity index (χ0) is 39.1. The number of ether oxygens (including phenoxy) is 2. The molecule has 11 heteroatoms. The van der Waals surface area contributed by atoms with Crippen molar-refractivity contribution < 1.29 is 47.8 Å². The summed E-state index contributed by atoms with van der Waals surface area (Å²) in [4.78, 5) is 34.9. The fourth-order valence-electron chi connectivity index (χ4n) is 5.53. The van der Waals surface area contributed by atoms with Gasteiger partial charge in [0.2, 0.25) is 0 Å². The summed E-state index contributed by atoms with van der Waals surface area (Å²) in [5.74, 6) is -0.947. The Kier molecular flexibility index (Phi) is 37.2. The van der Waals surface area contributed by atoms with Crippen molar-refractivity contribution in [2.75, 3.05) is 26.4 Å². The zero-order valence-electron chi connectivity index (χ0n) is 33.5. The lowest BCUT2D eigenvalue weighted by molar-refractivity contribution is -0.161. The first-order valence-electron chi connectivity index (χ1n) is 20.9. The number of phosphoric ester groups is 1. The molecule has 0 aliphatic rings. The number of allylic oxidation sites excluding steroid dienone is 6. The van der Waals surface area contributed by atoms with Crippen molar-refractivity contribution in [2.45, 2.75) is 193 Å². The summed E-state index contributed by atoms with van der Waals surface area (Å²) in [6.07, 6.45) is 38.2. The van der Waals surface area contributed by atoms with Crippen LogP contribution < -0.4 is 0 Å². The molecule has 0 rings (SSSR count). The van der Waals surface area contributed by atoms with Gasteiger partial charge in [-0.15, -0.1) is 0 Å². The number of phosphoric acid groups is 1. The van der Waals surface area contributed by atoms with Gasteiger partial charge < -0.3 is 24.6 Å². The summed E-state index contributed by atoms with van der Waals surface area (Å²) in [7, 11) is -4.62. The van der Waals surface area contributed by atoms with E-state index in [1.54, 1.807) is 0 Å². The Bertz CT molecular complexity index is 983. The Labute approximate surface area is 322 Å². The molecule has 0 heterocycles. The third-order valence-electron chi connectivity index (χ3n) is 8.80. The first-order chi connectivity index (χ1) is 25.7. The lowest BCUT2D eigenvalue weighted by Crippen LogP contribution is -2.29. The van der Waals surface area contributed by atoms with Crippen LogP contribution in [0.25, 0.3) is 0 Å². The SMILES string of the molecule is CCCCC/C=C\C/C=C\C/C=C\CCCCCCC(=O)OC[C@H](COP(=O)(O)OC[C@@H](O)CO)OC(=O)CCCCCCCCCCCCCCC. The van der Waals surface area contributed by atoms with E-state index in [0.717, 1.165) is 57.8 Å². The number of esters is 2. The number of unbranched alkanes of at least 4 members (excludes halogenated alkanes) is 19. The van der Waals surface area contributed by atoms with Crippen molar-refractivity contribution in [2.24, 2.45) is 0 Å². The Balaban J connectivity index is 4.35. The van der Waals surface area contributed by atoms with Crippen molar-refractivity contribution in [1.82, 2.24) is 0 Å². The highest BCUT2D eigenvalue weighted by Gasteiger charge is 2.27. The van der Waals surface area contributed by atoms with Crippen LogP contribution in [0.3, 0.4) is 0 Å². The number of hydrogen-bond donors (Lipinski definition) is 3. The quantitative estimate of drug-likeness (QED) is 0.0238. The highest BCUT2D eigenvalue weighted by Crippen LogP contribution is 2.43. The van der Waals surface area contributed by atoms with Gasteiger partial charge in [0.05, 0.1) is 19.8 Å². The number of carbonyl (C=O) groups excluding carboxylic acids is 2. The second-order valence-corrected chi connectivity index (χ2v) is 15.5. The van der Waals surface area contributed by atoms with Crippen molar-refractivity contribution in [3.05, 3.63) is 36.5 Å². The molecule has 0 saturated heterocycles. The third-order valence-corrected chi connectivity index (χ3v) is 9.75. The molecule has 0 amide bonds. The van der Waals surface area contributed by atoms with Crippen molar-refractivity contribution in [1.29, 1.82) is 0 Å². The van der Waals surface area contributed by atoms with E-state index in [1.165, 1.54) is 83.5 Å². The minimum Gasteiger partial charge on any atom is -0.462 e. The van der Waals surface area contributed by atoms with Crippen LogP contribution in [-0.4, -0.2) is 65.7 Å². The smallest absolute Gasteiger partial charge is 0.462 e. The van der Waals surface area contributed by atoms with Crippen molar-refractivity contribution in [3.63, 3.8) is 0 Å². The molecule has 0 saturated carbocycles. The molecule has 3 N–H and O–H groups in total. The third kappa shape index (κ3) is 38.3. The molecule has 53 heavy (non-hydrogen) atoms. The maximum Gasteiger partial charge on any atom is 0.472 e. The highest BCUT2D eigenvalue weighted by atomic mass is 31.2. The van der Waals surface area contributed by atoms with Crippen LogP contribution in [-0.2, 0) is 32.7 Å². The van der Waals surface area contributed by atoms with E-state index in [4.69, 9.17) is 19.1 Å². The molecule has 0 fully saturated rings. The van der Waals surface area contributed by atoms with Gasteiger partial charge in [0.25, 0.3) is 0 Å². The topological polar surface area (TPSA) is 149 Å². The maximum absolute atomic E-state index is 12.6. The Hall–Kier alpha value is -1.81. The number of carbonyl (C=O) groups is 2. The summed E-state index contributed by atoms with van der Waals surface area (Å²) in [5, 5.41) is 18.3. The molecule has 0 radical (unpaired) electrons. The van der Waals surface area contributed by atoms with E-state index in [9.17, 15) is 24.2 Å². The highest BCUT2D eigenvalue weighted by molar-refractivity contribution is 7.47. The second kappa shape index (κ2) is 38.5. The molecule has 10 nitrogen and oxygen atoms in total. The van der Waals surface area contributed by atoms with Gasteiger partial charge in [-0.05, 0) is 51.4 Å². The fraction of sp³-hybridized carbons (Fsp3) is 0.810. The minimum absolute atomic E-state index is 0.181. The standard InChI is InChI=1S/C42H77O10P/c1-3-5-7-9-11-13-15-17-18-19-20-22-23-25-27-29-31-33-41(45)49-37-40(38-51-53(47,48)50-36-39(44)35-43)52-42(46)34-32-30-28-26-24-21-16-14-12-10-8-6-4-2/h11,13,17-18,20,22,39-40,43-44H,3-10,12,14-16,19,21,23-38H2,1-2H3,(H,47,48)/b13-11-,18-17-,22-20-/t39-,40+/m0/s1. The van der Waals surface area contributed by atoms with Crippen LogP contribution in [0.1, 0.15) is 181 Å². The van der Waals surface area contributed by atoms with Gasteiger partial charge in [-0.2, -0.15) is 0 Å². The van der Waals surface area contributed by atoms with Crippen LogP contribution >= 0.6 is 7.82 Å². The van der Waals surface area contributed by atoms with Gasteiger partial charge in [-0.1, -0.05) is 153 Å². The monoisotopic (exact) mass is 773 g/mol. The summed E-state index contributed by atoms with van der Waals surface area (Å²) in [5.41, 5.74) is 0.